The van der Waals surface area contributed by atoms with Crippen LogP contribution in [0.25, 0.3) is 10.2 Å². The summed E-state index contributed by atoms with van der Waals surface area (Å²) in [6.45, 7) is 4.60. The number of aromatic nitrogens is 2. The van der Waals surface area contributed by atoms with Crippen LogP contribution in [0.1, 0.15) is 74.6 Å². The standard InChI is InChI=1S/C23H30N4OS/c1-15(13-24)12-16-4-9-19-20(16)21-22(25-14-26-23(21)29-19)28-18-7-5-17(6-8-18)27-10-2-3-11-27/h14-18H,2-12H2,1H3/t15?,16-,17?,18?/m1/s1. The Morgan fingerprint density at radius 2 is 2.00 bits per heavy atom. The Bertz CT molecular complexity index is 905. The summed E-state index contributed by atoms with van der Waals surface area (Å²) in [7, 11) is 0. The fourth-order valence-corrected chi connectivity index (χ4v) is 6.87. The van der Waals surface area contributed by atoms with Crippen LogP contribution in [0.3, 0.4) is 0 Å². The Kier molecular flexibility index (Phi) is 5.45. The molecule has 2 atom stereocenters. The summed E-state index contributed by atoms with van der Waals surface area (Å²) < 4.78 is 6.51. The molecule has 0 radical (unpaired) electrons. The van der Waals surface area contributed by atoms with Gasteiger partial charge in [0.05, 0.1) is 11.5 Å². The molecule has 29 heavy (non-hydrogen) atoms. The molecule has 3 aliphatic rings. The lowest BCUT2D eigenvalue weighted by molar-refractivity contribution is 0.0978. The second-order valence-corrected chi connectivity index (χ2v) is 10.2. The van der Waals surface area contributed by atoms with Crippen molar-refractivity contribution < 1.29 is 4.74 Å². The molecule has 5 nitrogen and oxygen atoms in total. The fourth-order valence-electron chi connectivity index (χ4n) is 5.64. The van der Waals surface area contributed by atoms with E-state index in [2.05, 4.69) is 20.9 Å². The third kappa shape index (κ3) is 3.75. The Balaban J connectivity index is 1.34. The van der Waals surface area contributed by atoms with Gasteiger partial charge < -0.3 is 9.64 Å². The number of fused-ring (bicyclic) bond motifs is 3. The van der Waals surface area contributed by atoms with Crippen molar-refractivity contribution in [1.82, 2.24) is 14.9 Å². The van der Waals surface area contributed by atoms with Gasteiger partial charge in [-0.2, -0.15) is 5.26 Å². The van der Waals surface area contributed by atoms with Crippen LogP contribution in [0.2, 0.25) is 0 Å². The van der Waals surface area contributed by atoms with Crippen LogP contribution < -0.4 is 4.74 Å². The molecule has 1 saturated carbocycles. The summed E-state index contributed by atoms with van der Waals surface area (Å²) in [6.07, 6.45) is 12.5. The van der Waals surface area contributed by atoms with Gasteiger partial charge in [-0.1, -0.05) is 0 Å². The zero-order valence-corrected chi connectivity index (χ0v) is 18.1. The highest BCUT2D eigenvalue weighted by Crippen LogP contribution is 2.48. The van der Waals surface area contributed by atoms with Gasteiger partial charge in [0.1, 0.15) is 17.3 Å². The number of ether oxygens (including phenoxy) is 1. The highest BCUT2D eigenvalue weighted by atomic mass is 32.1. The molecule has 2 aromatic rings. The minimum Gasteiger partial charge on any atom is -0.474 e. The highest BCUT2D eigenvalue weighted by molar-refractivity contribution is 7.19. The van der Waals surface area contributed by atoms with E-state index in [4.69, 9.17) is 4.74 Å². The highest BCUT2D eigenvalue weighted by Gasteiger charge is 2.33. The number of aryl methyl sites for hydroxylation is 1. The van der Waals surface area contributed by atoms with E-state index in [-0.39, 0.29) is 12.0 Å². The molecule has 3 heterocycles. The Hall–Kier alpha value is -1.71. The Morgan fingerprint density at radius 3 is 2.76 bits per heavy atom. The van der Waals surface area contributed by atoms with Gasteiger partial charge in [-0.25, -0.2) is 9.97 Å². The molecule has 0 N–H and O–H groups in total. The number of likely N-dealkylation sites (tertiary alicyclic amines) is 1. The quantitative estimate of drug-likeness (QED) is 0.690. The molecule has 2 fully saturated rings. The summed E-state index contributed by atoms with van der Waals surface area (Å²) >= 11 is 1.80. The number of rotatable bonds is 5. The van der Waals surface area contributed by atoms with Gasteiger partial charge in [0.15, 0.2) is 0 Å². The molecule has 1 saturated heterocycles. The molecule has 0 spiro atoms. The summed E-state index contributed by atoms with van der Waals surface area (Å²) in [5.74, 6) is 1.30. The second kappa shape index (κ2) is 8.20. The summed E-state index contributed by atoms with van der Waals surface area (Å²) in [5, 5.41) is 10.4. The van der Waals surface area contributed by atoms with E-state index in [0.29, 0.717) is 5.92 Å². The predicted molar refractivity (Wildman–Crippen MR) is 115 cm³/mol. The number of nitriles is 1. The first kappa shape index (κ1) is 19.3. The molecular formula is C23H30N4OS. The maximum atomic E-state index is 9.28. The van der Waals surface area contributed by atoms with Crippen molar-refractivity contribution in [2.24, 2.45) is 5.92 Å². The van der Waals surface area contributed by atoms with Crippen molar-refractivity contribution in [3.63, 3.8) is 0 Å². The number of hydrogen-bond donors (Lipinski definition) is 0. The van der Waals surface area contributed by atoms with Crippen molar-refractivity contribution in [2.75, 3.05) is 13.1 Å². The fraction of sp³-hybridized carbons (Fsp3) is 0.696. The van der Waals surface area contributed by atoms with E-state index in [0.717, 1.165) is 54.2 Å². The molecule has 5 rings (SSSR count). The first-order valence-corrected chi connectivity index (χ1v) is 12.1. The van der Waals surface area contributed by atoms with Crippen molar-refractivity contribution in [3.05, 3.63) is 16.8 Å². The van der Waals surface area contributed by atoms with Crippen LogP contribution in [-0.2, 0) is 6.42 Å². The normalized spacial score (nSPS) is 28.3. The third-order valence-electron chi connectivity index (χ3n) is 7.13. The molecule has 154 valence electrons. The number of thiophene rings is 1. The SMILES string of the molecule is CC(C#N)C[C@H]1CCc2sc3ncnc(OC4CCC(N5CCCC5)CC4)c3c21. The smallest absolute Gasteiger partial charge is 0.225 e. The van der Waals surface area contributed by atoms with E-state index in [9.17, 15) is 5.26 Å². The lowest BCUT2D eigenvalue weighted by atomic mass is 9.91. The molecule has 2 aromatic heterocycles. The Labute approximate surface area is 177 Å². The van der Waals surface area contributed by atoms with Crippen LogP contribution in [0.4, 0.5) is 0 Å². The molecule has 1 aliphatic heterocycles. The monoisotopic (exact) mass is 410 g/mol. The van der Waals surface area contributed by atoms with Crippen molar-refractivity contribution in [3.8, 4) is 11.9 Å². The summed E-state index contributed by atoms with van der Waals surface area (Å²) in [4.78, 5) is 14.3. The maximum absolute atomic E-state index is 9.28. The first-order chi connectivity index (χ1) is 14.2. The lowest BCUT2D eigenvalue weighted by Crippen LogP contribution is -2.38. The minimum absolute atomic E-state index is 0.0794. The largest absolute Gasteiger partial charge is 0.474 e. The molecule has 6 heteroatoms. The topological polar surface area (TPSA) is 62.0 Å². The maximum Gasteiger partial charge on any atom is 0.225 e. The number of hydrogen-bond acceptors (Lipinski definition) is 6. The van der Waals surface area contributed by atoms with Crippen molar-refractivity contribution >= 4 is 21.6 Å². The average molecular weight is 411 g/mol. The van der Waals surface area contributed by atoms with Gasteiger partial charge in [0.2, 0.25) is 5.88 Å². The van der Waals surface area contributed by atoms with Crippen molar-refractivity contribution in [2.45, 2.75) is 82.8 Å². The van der Waals surface area contributed by atoms with Crippen LogP contribution >= 0.6 is 11.3 Å². The van der Waals surface area contributed by atoms with Gasteiger partial charge >= 0.3 is 0 Å². The molecule has 0 amide bonds. The first-order valence-electron chi connectivity index (χ1n) is 11.3. The van der Waals surface area contributed by atoms with E-state index >= 15 is 0 Å². The number of nitrogens with zero attached hydrogens (tertiary/aromatic N) is 4. The summed E-state index contributed by atoms with van der Waals surface area (Å²) in [6, 6.07) is 3.16. The van der Waals surface area contributed by atoms with Gasteiger partial charge in [-0.05, 0) is 89.3 Å². The Morgan fingerprint density at radius 1 is 1.21 bits per heavy atom. The van der Waals surface area contributed by atoms with Crippen LogP contribution in [0.15, 0.2) is 6.33 Å². The van der Waals surface area contributed by atoms with Gasteiger partial charge in [0.25, 0.3) is 0 Å². The van der Waals surface area contributed by atoms with E-state index in [1.165, 1.54) is 49.2 Å². The lowest BCUT2D eigenvalue weighted by Gasteiger charge is -2.34. The zero-order chi connectivity index (χ0) is 19.8. The molecule has 1 unspecified atom stereocenters. The van der Waals surface area contributed by atoms with Gasteiger partial charge in [0, 0.05) is 16.8 Å². The minimum atomic E-state index is 0.0794. The van der Waals surface area contributed by atoms with E-state index < -0.39 is 0 Å². The zero-order valence-electron chi connectivity index (χ0n) is 17.3. The van der Waals surface area contributed by atoms with Crippen LogP contribution in [0, 0.1) is 17.2 Å². The molecular weight excluding hydrogens is 380 g/mol. The molecule has 0 bridgehead atoms. The molecule has 0 aromatic carbocycles. The van der Waals surface area contributed by atoms with E-state index in [1.807, 2.05) is 6.92 Å². The summed E-state index contributed by atoms with van der Waals surface area (Å²) in [5.41, 5.74) is 1.38. The second-order valence-electron chi connectivity index (χ2n) is 9.09. The van der Waals surface area contributed by atoms with Crippen LogP contribution in [0.5, 0.6) is 5.88 Å². The van der Waals surface area contributed by atoms with E-state index in [1.54, 1.807) is 17.7 Å². The predicted octanol–water partition coefficient (Wildman–Crippen LogP) is 5.06. The average Bonchev–Trinajstić information content (AvgIpc) is 3.46. The van der Waals surface area contributed by atoms with Gasteiger partial charge in [-0.15, -0.1) is 11.3 Å². The molecule has 2 aliphatic carbocycles. The van der Waals surface area contributed by atoms with Crippen molar-refractivity contribution in [1.29, 1.82) is 5.26 Å². The third-order valence-corrected chi connectivity index (χ3v) is 8.31. The van der Waals surface area contributed by atoms with Crippen LogP contribution in [-0.4, -0.2) is 40.1 Å². The van der Waals surface area contributed by atoms with Gasteiger partial charge in [-0.3, -0.25) is 0 Å².